The lowest BCUT2D eigenvalue weighted by molar-refractivity contribution is 0.130. The molecule has 2 unspecified atom stereocenters. The van der Waals surface area contributed by atoms with E-state index in [4.69, 9.17) is 18.0 Å². The summed E-state index contributed by atoms with van der Waals surface area (Å²) in [6, 6.07) is 16.5. The van der Waals surface area contributed by atoms with E-state index in [-0.39, 0.29) is 19.4 Å². The van der Waals surface area contributed by atoms with Gasteiger partial charge in [0, 0.05) is 32.1 Å². The number of alkyl halides is 2. The molecular weight excluding hydrogens is 434 g/mol. The van der Waals surface area contributed by atoms with Gasteiger partial charge in [-0.05, 0) is 42.8 Å². The predicted octanol–water partition coefficient (Wildman–Crippen LogP) is 5.66. The number of rotatable bonds is 11. The third-order valence-corrected chi connectivity index (χ3v) is 8.51. The molecule has 0 aliphatic rings. The molecule has 3 aromatic rings. The number of hydrogen-bond acceptors (Lipinski definition) is 5. The summed E-state index contributed by atoms with van der Waals surface area (Å²) in [5.74, 6) is 0.425. The summed E-state index contributed by atoms with van der Waals surface area (Å²) in [6.07, 6.45) is -3.30. The Morgan fingerprint density at radius 3 is 2.34 bits per heavy atom. The van der Waals surface area contributed by atoms with Crippen molar-refractivity contribution in [3.05, 3.63) is 65.0 Å². The van der Waals surface area contributed by atoms with Crippen molar-refractivity contribution in [2.24, 2.45) is 0 Å². The SMILES string of the molecule is CO[Si](C)(CCC(F)C(F)CCOc1ccc2cc(-c3ccccc3)c(=O)oc2c1)OC. The van der Waals surface area contributed by atoms with E-state index in [0.29, 0.717) is 22.9 Å². The molecule has 0 radical (unpaired) electrons. The number of ether oxygens (including phenoxy) is 1. The average Bonchev–Trinajstić information content (AvgIpc) is 2.82. The van der Waals surface area contributed by atoms with Gasteiger partial charge in [0.1, 0.15) is 23.7 Å². The van der Waals surface area contributed by atoms with E-state index in [1.165, 1.54) is 14.2 Å². The summed E-state index contributed by atoms with van der Waals surface area (Å²) in [6.45, 7) is 1.82. The van der Waals surface area contributed by atoms with Gasteiger partial charge in [-0.25, -0.2) is 13.6 Å². The summed E-state index contributed by atoms with van der Waals surface area (Å²) in [5.41, 5.74) is 1.17. The Hall–Kier alpha value is -2.55. The lowest BCUT2D eigenvalue weighted by Gasteiger charge is -2.24. The topological polar surface area (TPSA) is 57.9 Å². The summed E-state index contributed by atoms with van der Waals surface area (Å²) in [4.78, 5) is 12.4. The Balaban J connectivity index is 1.58. The maximum Gasteiger partial charge on any atom is 0.344 e. The van der Waals surface area contributed by atoms with Crippen LogP contribution >= 0.6 is 0 Å². The highest BCUT2D eigenvalue weighted by Gasteiger charge is 2.31. The van der Waals surface area contributed by atoms with Gasteiger partial charge in [0.25, 0.3) is 0 Å². The molecule has 1 aromatic heterocycles. The molecule has 0 saturated heterocycles. The fraction of sp³-hybridized carbons (Fsp3) is 0.375. The lowest BCUT2D eigenvalue weighted by Crippen LogP contribution is -2.37. The van der Waals surface area contributed by atoms with Crippen LogP contribution in [0, 0.1) is 0 Å². The third kappa shape index (κ3) is 6.03. The number of benzene rings is 2. The monoisotopic (exact) mass is 462 g/mol. The highest BCUT2D eigenvalue weighted by atomic mass is 28.4. The average molecular weight is 463 g/mol. The maximum absolute atomic E-state index is 14.2. The Kier molecular flexibility index (Phi) is 8.17. The fourth-order valence-electron chi connectivity index (χ4n) is 3.34. The first kappa shape index (κ1) is 24.1. The van der Waals surface area contributed by atoms with Crippen molar-refractivity contribution in [1.82, 2.24) is 0 Å². The molecule has 0 aliphatic carbocycles. The van der Waals surface area contributed by atoms with Crippen LogP contribution in [0.25, 0.3) is 22.1 Å². The van der Waals surface area contributed by atoms with Crippen LogP contribution in [0.1, 0.15) is 12.8 Å². The van der Waals surface area contributed by atoms with Crippen LogP contribution in [0.2, 0.25) is 12.6 Å². The Labute approximate surface area is 187 Å². The first-order valence-electron chi connectivity index (χ1n) is 10.5. The quantitative estimate of drug-likeness (QED) is 0.272. The van der Waals surface area contributed by atoms with Crippen LogP contribution in [0.3, 0.4) is 0 Å². The molecule has 0 saturated carbocycles. The molecule has 0 N–H and O–H groups in total. The zero-order valence-corrected chi connectivity index (χ0v) is 19.5. The number of halogens is 2. The Morgan fingerprint density at radius 1 is 0.969 bits per heavy atom. The van der Waals surface area contributed by atoms with Crippen molar-refractivity contribution >= 4 is 19.5 Å². The van der Waals surface area contributed by atoms with E-state index < -0.39 is 26.5 Å². The highest BCUT2D eigenvalue weighted by Crippen LogP contribution is 2.25. The minimum Gasteiger partial charge on any atom is -0.493 e. The van der Waals surface area contributed by atoms with Crippen LogP contribution in [-0.4, -0.2) is 41.7 Å². The number of hydrogen-bond donors (Lipinski definition) is 0. The summed E-state index contributed by atoms with van der Waals surface area (Å²) in [7, 11) is 0.631. The van der Waals surface area contributed by atoms with Gasteiger partial charge < -0.3 is 18.0 Å². The predicted molar refractivity (Wildman–Crippen MR) is 123 cm³/mol. The van der Waals surface area contributed by atoms with E-state index in [1.807, 2.05) is 36.9 Å². The minimum atomic E-state index is -2.42. The van der Waals surface area contributed by atoms with Crippen LogP contribution in [0.4, 0.5) is 8.78 Å². The fourth-order valence-corrected chi connectivity index (χ4v) is 4.71. The lowest BCUT2D eigenvalue weighted by atomic mass is 10.1. The molecule has 3 rings (SSSR count). The molecule has 2 atom stereocenters. The molecule has 2 aromatic carbocycles. The van der Waals surface area contributed by atoms with Gasteiger partial charge in [-0.2, -0.15) is 0 Å². The largest absolute Gasteiger partial charge is 0.493 e. The molecule has 5 nitrogen and oxygen atoms in total. The Morgan fingerprint density at radius 2 is 1.66 bits per heavy atom. The van der Waals surface area contributed by atoms with Gasteiger partial charge in [0.15, 0.2) is 0 Å². The summed E-state index contributed by atoms with van der Waals surface area (Å²) < 4.78 is 50.0. The molecule has 1 heterocycles. The standard InChI is InChI=1S/C24H28F2O5Si/c1-28-32(3,29-2)14-12-22(26)21(25)11-13-30-19-10-9-18-15-20(17-7-5-4-6-8-17)24(27)31-23(18)16-19/h4-10,15-16,21-22H,11-14H2,1-3H3. The molecule has 0 fully saturated rings. The molecule has 32 heavy (non-hydrogen) atoms. The second kappa shape index (κ2) is 10.8. The van der Waals surface area contributed by atoms with Gasteiger partial charge in [-0.1, -0.05) is 30.3 Å². The molecule has 0 spiro atoms. The minimum absolute atomic E-state index is 0.00266. The van der Waals surface area contributed by atoms with Crippen LogP contribution < -0.4 is 10.4 Å². The van der Waals surface area contributed by atoms with Crippen molar-refractivity contribution < 1.29 is 26.8 Å². The zero-order chi connectivity index (χ0) is 23.1. The van der Waals surface area contributed by atoms with Crippen molar-refractivity contribution in [2.45, 2.75) is 37.8 Å². The van der Waals surface area contributed by atoms with Gasteiger partial charge in [0.2, 0.25) is 0 Å². The first-order valence-corrected chi connectivity index (χ1v) is 13.0. The van der Waals surface area contributed by atoms with Crippen LogP contribution in [-0.2, 0) is 8.85 Å². The second-order valence-electron chi connectivity index (χ2n) is 7.76. The molecular formula is C24H28F2O5Si. The van der Waals surface area contributed by atoms with Gasteiger partial charge >= 0.3 is 14.2 Å². The summed E-state index contributed by atoms with van der Waals surface area (Å²) in [5, 5.41) is 0.742. The van der Waals surface area contributed by atoms with E-state index >= 15 is 0 Å². The van der Waals surface area contributed by atoms with E-state index in [1.54, 1.807) is 24.3 Å². The smallest absolute Gasteiger partial charge is 0.344 e. The molecule has 172 valence electrons. The van der Waals surface area contributed by atoms with E-state index in [0.717, 1.165) is 10.9 Å². The van der Waals surface area contributed by atoms with Gasteiger partial charge in [-0.3, -0.25) is 0 Å². The molecule has 0 amide bonds. The van der Waals surface area contributed by atoms with Gasteiger partial charge in [0.05, 0.1) is 12.2 Å². The normalized spacial score (nSPS) is 13.8. The zero-order valence-electron chi connectivity index (χ0n) is 18.5. The van der Waals surface area contributed by atoms with Crippen LogP contribution in [0.5, 0.6) is 5.75 Å². The molecule has 0 aliphatic heterocycles. The Bertz CT molecular complexity index is 1070. The second-order valence-corrected chi connectivity index (χ2v) is 11.3. The third-order valence-electron chi connectivity index (χ3n) is 5.58. The maximum atomic E-state index is 14.2. The number of fused-ring (bicyclic) bond motifs is 1. The van der Waals surface area contributed by atoms with Crippen molar-refractivity contribution in [1.29, 1.82) is 0 Å². The van der Waals surface area contributed by atoms with E-state index in [2.05, 4.69) is 0 Å². The van der Waals surface area contributed by atoms with Gasteiger partial charge in [-0.15, -0.1) is 0 Å². The molecule has 0 bridgehead atoms. The van der Waals surface area contributed by atoms with E-state index in [9.17, 15) is 13.6 Å². The summed E-state index contributed by atoms with van der Waals surface area (Å²) >= 11 is 0. The van der Waals surface area contributed by atoms with Crippen molar-refractivity contribution in [2.75, 3.05) is 20.8 Å². The van der Waals surface area contributed by atoms with Crippen molar-refractivity contribution in [3.8, 4) is 16.9 Å². The molecule has 8 heteroatoms. The first-order chi connectivity index (χ1) is 15.3. The van der Waals surface area contributed by atoms with Crippen LogP contribution in [0.15, 0.2) is 63.8 Å². The van der Waals surface area contributed by atoms with Crippen molar-refractivity contribution in [3.63, 3.8) is 0 Å². The highest BCUT2D eigenvalue weighted by molar-refractivity contribution is 6.65.